The highest BCUT2D eigenvalue weighted by Crippen LogP contribution is 2.31. The van der Waals surface area contributed by atoms with E-state index >= 15 is 0 Å². The van der Waals surface area contributed by atoms with Gasteiger partial charge in [-0.1, -0.05) is 42.8 Å². The van der Waals surface area contributed by atoms with Gasteiger partial charge in [0.2, 0.25) is 5.88 Å². The van der Waals surface area contributed by atoms with E-state index in [1.807, 2.05) is 19.1 Å². The minimum atomic E-state index is 0.414. The van der Waals surface area contributed by atoms with Crippen molar-refractivity contribution in [2.45, 2.75) is 38.4 Å². The third-order valence-electron chi connectivity index (χ3n) is 2.59. The fraction of sp³-hybridized carbons (Fsp3) is 0.615. The molecule has 1 aromatic rings. The Bertz CT molecular complexity index is 317. The maximum absolute atomic E-state index is 5.43. The molecule has 0 bridgehead atoms. The summed E-state index contributed by atoms with van der Waals surface area (Å²) in [4.78, 5) is 4.97. The van der Waals surface area contributed by atoms with Crippen LogP contribution in [0.25, 0.3) is 0 Å². The quantitative estimate of drug-likeness (QED) is 0.763. The Morgan fingerprint density at radius 3 is 2.50 bits per heavy atom. The van der Waals surface area contributed by atoms with E-state index in [-0.39, 0.29) is 0 Å². The van der Waals surface area contributed by atoms with Crippen molar-refractivity contribution >= 4 is 15.9 Å². The van der Waals surface area contributed by atoms with Gasteiger partial charge in [0.05, 0.1) is 6.61 Å². The van der Waals surface area contributed by atoms with Gasteiger partial charge in [0.1, 0.15) is 0 Å². The Kier molecular flexibility index (Phi) is 5.26. The zero-order valence-corrected chi connectivity index (χ0v) is 12.0. The molecule has 0 N–H and O–H groups in total. The summed E-state index contributed by atoms with van der Waals surface area (Å²) in [6.45, 7) is 9.24. The smallest absolute Gasteiger partial charge is 0.213 e. The molecule has 0 saturated heterocycles. The predicted molar refractivity (Wildman–Crippen MR) is 71.4 cm³/mol. The van der Waals surface area contributed by atoms with Crippen molar-refractivity contribution in [1.82, 2.24) is 4.98 Å². The average Bonchev–Trinajstić information content (AvgIpc) is 2.17. The summed E-state index contributed by atoms with van der Waals surface area (Å²) in [6, 6.07) is 5.99. The van der Waals surface area contributed by atoms with Crippen LogP contribution >= 0.6 is 15.9 Å². The molecule has 0 amide bonds. The van der Waals surface area contributed by atoms with E-state index < -0.39 is 0 Å². The van der Waals surface area contributed by atoms with E-state index in [2.05, 4.69) is 47.8 Å². The fourth-order valence-corrected chi connectivity index (χ4v) is 2.83. The third kappa shape index (κ3) is 3.48. The molecular formula is C13H20BrNO. The van der Waals surface area contributed by atoms with Crippen molar-refractivity contribution in [3.05, 3.63) is 23.9 Å². The number of pyridine rings is 1. The highest BCUT2D eigenvalue weighted by atomic mass is 79.9. The van der Waals surface area contributed by atoms with Crippen LogP contribution in [-0.2, 0) is 0 Å². The standard InChI is InChI=1S/C13H20BrNO/c1-5-16-12-8-6-7-11(15-12)13(9(2)3)10(4)14/h6-10,13H,5H2,1-4H3. The first-order valence-electron chi connectivity index (χ1n) is 5.80. The first kappa shape index (κ1) is 13.5. The lowest BCUT2D eigenvalue weighted by atomic mass is 9.90. The summed E-state index contributed by atoms with van der Waals surface area (Å²) in [5.41, 5.74) is 1.10. The molecule has 1 rings (SSSR count). The first-order valence-corrected chi connectivity index (χ1v) is 6.71. The van der Waals surface area contributed by atoms with Gasteiger partial charge < -0.3 is 4.74 Å². The number of nitrogens with zero attached hydrogens (tertiary/aromatic N) is 1. The number of hydrogen-bond acceptors (Lipinski definition) is 2. The number of aromatic nitrogens is 1. The zero-order valence-electron chi connectivity index (χ0n) is 10.4. The molecule has 0 aliphatic heterocycles. The minimum absolute atomic E-state index is 0.414. The van der Waals surface area contributed by atoms with E-state index in [9.17, 15) is 0 Å². The lowest BCUT2D eigenvalue weighted by molar-refractivity contribution is 0.324. The number of halogens is 1. The highest BCUT2D eigenvalue weighted by molar-refractivity contribution is 9.09. The van der Waals surface area contributed by atoms with Gasteiger partial charge in [0.25, 0.3) is 0 Å². The second-order valence-corrected chi connectivity index (χ2v) is 5.73. The Morgan fingerprint density at radius 2 is 2.00 bits per heavy atom. The second-order valence-electron chi connectivity index (χ2n) is 4.28. The molecule has 0 saturated carbocycles. The van der Waals surface area contributed by atoms with Crippen molar-refractivity contribution < 1.29 is 4.74 Å². The van der Waals surface area contributed by atoms with Crippen LogP contribution in [0, 0.1) is 5.92 Å². The molecule has 2 atom stereocenters. The summed E-state index contributed by atoms with van der Waals surface area (Å²) in [6.07, 6.45) is 0. The molecule has 0 aliphatic rings. The van der Waals surface area contributed by atoms with E-state index in [1.54, 1.807) is 0 Å². The summed E-state index contributed by atoms with van der Waals surface area (Å²) in [5, 5.41) is 0. The molecule has 0 radical (unpaired) electrons. The van der Waals surface area contributed by atoms with Gasteiger partial charge in [-0.3, -0.25) is 0 Å². The lowest BCUT2D eigenvalue weighted by Crippen LogP contribution is -2.17. The van der Waals surface area contributed by atoms with Crippen molar-refractivity contribution in [1.29, 1.82) is 0 Å². The third-order valence-corrected chi connectivity index (χ3v) is 3.16. The number of alkyl halides is 1. The Hall–Kier alpha value is -0.570. The minimum Gasteiger partial charge on any atom is -0.478 e. The van der Waals surface area contributed by atoms with Gasteiger partial charge in [0, 0.05) is 22.5 Å². The summed E-state index contributed by atoms with van der Waals surface area (Å²) in [7, 11) is 0. The second kappa shape index (κ2) is 6.24. The molecule has 0 fully saturated rings. The molecular weight excluding hydrogens is 266 g/mol. The highest BCUT2D eigenvalue weighted by Gasteiger charge is 2.22. The Labute approximate surface area is 107 Å². The maximum atomic E-state index is 5.43. The molecule has 16 heavy (non-hydrogen) atoms. The van der Waals surface area contributed by atoms with E-state index in [1.165, 1.54) is 0 Å². The SMILES string of the molecule is CCOc1cccc(C(C(C)C)C(C)Br)n1. The molecule has 3 heteroatoms. The molecule has 2 unspecified atom stereocenters. The molecule has 1 heterocycles. The van der Waals surface area contributed by atoms with E-state index in [0.717, 1.165) is 11.6 Å². The largest absolute Gasteiger partial charge is 0.478 e. The van der Waals surface area contributed by atoms with Crippen LogP contribution in [0.4, 0.5) is 0 Å². The van der Waals surface area contributed by atoms with Gasteiger partial charge in [-0.05, 0) is 18.9 Å². The molecule has 90 valence electrons. The molecule has 0 aromatic carbocycles. The van der Waals surface area contributed by atoms with Crippen LogP contribution in [0.1, 0.15) is 39.3 Å². The van der Waals surface area contributed by atoms with Crippen LogP contribution in [-0.4, -0.2) is 16.4 Å². The lowest BCUT2D eigenvalue weighted by Gasteiger charge is -2.23. The van der Waals surface area contributed by atoms with Gasteiger partial charge in [-0.2, -0.15) is 0 Å². The van der Waals surface area contributed by atoms with Gasteiger partial charge in [-0.25, -0.2) is 4.98 Å². The van der Waals surface area contributed by atoms with Crippen molar-refractivity contribution in [2.75, 3.05) is 6.61 Å². The summed E-state index contributed by atoms with van der Waals surface area (Å²) >= 11 is 3.66. The topological polar surface area (TPSA) is 22.1 Å². The number of rotatable bonds is 5. The van der Waals surface area contributed by atoms with Crippen molar-refractivity contribution in [3.8, 4) is 5.88 Å². The normalized spacial score (nSPS) is 14.9. The molecule has 0 aliphatic carbocycles. The van der Waals surface area contributed by atoms with E-state index in [0.29, 0.717) is 23.3 Å². The fourth-order valence-electron chi connectivity index (χ4n) is 1.95. The van der Waals surface area contributed by atoms with Crippen LogP contribution in [0.5, 0.6) is 5.88 Å². The summed E-state index contributed by atoms with van der Waals surface area (Å²) < 4.78 is 5.43. The zero-order chi connectivity index (χ0) is 12.1. The molecule has 0 spiro atoms. The monoisotopic (exact) mass is 285 g/mol. The number of ether oxygens (including phenoxy) is 1. The van der Waals surface area contributed by atoms with Crippen molar-refractivity contribution in [3.63, 3.8) is 0 Å². The van der Waals surface area contributed by atoms with Crippen LogP contribution in [0.15, 0.2) is 18.2 Å². The Balaban J connectivity index is 2.95. The van der Waals surface area contributed by atoms with Crippen molar-refractivity contribution in [2.24, 2.45) is 5.92 Å². The average molecular weight is 286 g/mol. The molecule has 1 aromatic heterocycles. The Morgan fingerprint density at radius 1 is 1.31 bits per heavy atom. The molecule has 2 nitrogen and oxygen atoms in total. The summed E-state index contributed by atoms with van der Waals surface area (Å²) in [5.74, 6) is 1.69. The number of hydrogen-bond donors (Lipinski definition) is 0. The van der Waals surface area contributed by atoms with Crippen LogP contribution in [0.3, 0.4) is 0 Å². The predicted octanol–water partition coefficient (Wildman–Crippen LogP) is 4.00. The van der Waals surface area contributed by atoms with Gasteiger partial charge in [-0.15, -0.1) is 0 Å². The van der Waals surface area contributed by atoms with Gasteiger partial charge >= 0.3 is 0 Å². The first-order chi connectivity index (χ1) is 7.56. The van der Waals surface area contributed by atoms with Crippen LogP contribution in [0.2, 0.25) is 0 Å². The maximum Gasteiger partial charge on any atom is 0.213 e. The van der Waals surface area contributed by atoms with E-state index in [4.69, 9.17) is 4.74 Å². The van der Waals surface area contributed by atoms with Crippen LogP contribution < -0.4 is 4.74 Å². The van der Waals surface area contributed by atoms with Gasteiger partial charge in [0.15, 0.2) is 0 Å².